The summed E-state index contributed by atoms with van der Waals surface area (Å²) in [6.07, 6.45) is 12.1. The third-order valence-corrected chi connectivity index (χ3v) is 9.77. The van der Waals surface area contributed by atoms with Crippen LogP contribution in [0.4, 0.5) is 39.5 Å². The molecule has 2 fully saturated rings. The van der Waals surface area contributed by atoms with Gasteiger partial charge in [-0.2, -0.15) is 26.3 Å². The Bertz CT molecular complexity index is 1300. The van der Waals surface area contributed by atoms with Crippen LogP contribution in [0.15, 0.2) is 48.8 Å². The summed E-state index contributed by atoms with van der Waals surface area (Å²) in [6, 6.07) is 1.61. The molecule has 4 rings (SSSR count). The Balaban J connectivity index is 1.22. The maximum absolute atomic E-state index is 15.0. The molecule has 1 heterocycles. The zero-order chi connectivity index (χ0) is 35.7. The van der Waals surface area contributed by atoms with Gasteiger partial charge in [0, 0.05) is 5.56 Å². The van der Waals surface area contributed by atoms with Crippen LogP contribution in [0.25, 0.3) is 0 Å². The molecule has 0 saturated heterocycles. The van der Waals surface area contributed by atoms with E-state index in [-0.39, 0.29) is 18.8 Å². The van der Waals surface area contributed by atoms with Crippen molar-refractivity contribution in [3.8, 4) is 11.5 Å². The van der Waals surface area contributed by atoms with Gasteiger partial charge in [-0.3, -0.25) is 0 Å². The molecule has 4 nitrogen and oxygen atoms in total. The van der Waals surface area contributed by atoms with E-state index in [1.807, 2.05) is 0 Å². The van der Waals surface area contributed by atoms with Crippen molar-refractivity contribution in [3.63, 3.8) is 0 Å². The Labute approximate surface area is 281 Å². The molecule has 0 bridgehead atoms. The van der Waals surface area contributed by atoms with Crippen molar-refractivity contribution in [1.29, 1.82) is 0 Å². The monoisotopic (exact) mass is 708 g/mol. The molecule has 0 amide bonds. The van der Waals surface area contributed by atoms with E-state index in [1.165, 1.54) is 57.8 Å². The molecule has 0 spiro atoms. The van der Waals surface area contributed by atoms with Gasteiger partial charge in [-0.1, -0.05) is 64.0 Å². The number of hydrogen-bond acceptors (Lipinski definition) is 4. The third-order valence-electron chi connectivity index (χ3n) is 9.77. The van der Waals surface area contributed by atoms with Crippen molar-refractivity contribution >= 4 is 0 Å². The number of rotatable bonds is 16. The van der Waals surface area contributed by atoms with Gasteiger partial charge in [-0.25, -0.2) is 9.97 Å². The maximum Gasteiger partial charge on any atom is 0.573 e. The minimum Gasteiger partial charge on any atom is -0.429 e. The van der Waals surface area contributed by atoms with Gasteiger partial charge in [0.25, 0.3) is 0 Å². The summed E-state index contributed by atoms with van der Waals surface area (Å²) in [7, 11) is 0. The maximum atomic E-state index is 15.0. The van der Waals surface area contributed by atoms with E-state index >= 15 is 8.78 Å². The Kier molecular flexibility index (Phi) is 13.3. The number of alkyl halides is 9. The second-order valence-corrected chi connectivity index (χ2v) is 13.5. The molecule has 13 heteroatoms. The highest BCUT2D eigenvalue weighted by molar-refractivity contribution is 5.32. The molecule has 1 aromatic carbocycles. The number of aromatic nitrogens is 2. The number of nitrogens with zero attached hydrogens (tertiary/aromatic N) is 2. The quantitative estimate of drug-likeness (QED) is 0.0989. The molecule has 2 aliphatic rings. The van der Waals surface area contributed by atoms with Gasteiger partial charge >= 0.3 is 24.3 Å². The van der Waals surface area contributed by atoms with Gasteiger partial charge in [0.05, 0.1) is 18.3 Å². The first kappa shape index (κ1) is 38.8. The minimum atomic E-state index is -5.11. The summed E-state index contributed by atoms with van der Waals surface area (Å²) >= 11 is 0. The summed E-state index contributed by atoms with van der Waals surface area (Å²) < 4.78 is 134. The third kappa shape index (κ3) is 11.0. The molecule has 0 N–H and O–H groups in total. The van der Waals surface area contributed by atoms with Crippen molar-refractivity contribution < 1.29 is 49.0 Å². The van der Waals surface area contributed by atoms with E-state index in [1.54, 1.807) is 0 Å². The fourth-order valence-electron chi connectivity index (χ4n) is 6.80. The molecule has 0 aliphatic heterocycles. The van der Waals surface area contributed by atoms with E-state index in [4.69, 9.17) is 4.74 Å². The van der Waals surface area contributed by atoms with Gasteiger partial charge in [-0.05, 0) is 93.4 Å². The molecule has 49 heavy (non-hydrogen) atoms. The van der Waals surface area contributed by atoms with Gasteiger partial charge < -0.3 is 9.47 Å². The average Bonchev–Trinajstić information content (AvgIpc) is 3.05. The van der Waals surface area contributed by atoms with Crippen molar-refractivity contribution in [2.45, 2.75) is 128 Å². The van der Waals surface area contributed by atoms with E-state index in [0.29, 0.717) is 55.4 Å². The second kappa shape index (κ2) is 16.8. The minimum absolute atomic E-state index is 0.184. The van der Waals surface area contributed by atoms with Crippen LogP contribution in [0.2, 0.25) is 0 Å². The summed E-state index contributed by atoms with van der Waals surface area (Å²) in [5, 5.41) is 0. The number of hydrogen-bond donors (Lipinski definition) is 0. The Morgan fingerprint density at radius 3 is 1.71 bits per heavy atom. The molecular weight excluding hydrogens is 663 g/mol. The van der Waals surface area contributed by atoms with Crippen LogP contribution in [0.5, 0.6) is 11.5 Å². The molecule has 274 valence electrons. The van der Waals surface area contributed by atoms with Crippen LogP contribution >= 0.6 is 0 Å². The lowest BCUT2D eigenvalue weighted by Gasteiger charge is -2.32. The van der Waals surface area contributed by atoms with Crippen molar-refractivity contribution in [1.82, 2.24) is 9.97 Å². The zero-order valence-electron chi connectivity index (χ0n) is 27.6. The molecule has 2 aliphatic carbocycles. The largest absolute Gasteiger partial charge is 0.573 e. The van der Waals surface area contributed by atoms with E-state index in [2.05, 4.69) is 33.8 Å². The summed E-state index contributed by atoms with van der Waals surface area (Å²) in [5.74, 6) is -12.9. The number of allylic oxidation sites excluding steroid dienone is 2. The smallest absolute Gasteiger partial charge is 0.429 e. The second-order valence-electron chi connectivity index (χ2n) is 13.5. The summed E-state index contributed by atoms with van der Waals surface area (Å²) in [6.45, 7) is 2.22. The van der Waals surface area contributed by atoms with Crippen LogP contribution in [0.3, 0.4) is 0 Å². The Morgan fingerprint density at radius 1 is 0.633 bits per heavy atom. The molecule has 2 aromatic rings. The molecule has 0 atom stereocenters. The van der Waals surface area contributed by atoms with Crippen LogP contribution in [0.1, 0.15) is 115 Å². The van der Waals surface area contributed by atoms with E-state index < -0.39 is 53.1 Å². The lowest BCUT2D eigenvalue weighted by atomic mass is 9.77. The first-order valence-electron chi connectivity index (χ1n) is 17.3. The number of halogens is 9. The molecule has 0 radical (unpaired) electrons. The Hall–Kier alpha value is -2.99. The first-order valence-corrected chi connectivity index (χ1v) is 17.3. The summed E-state index contributed by atoms with van der Waals surface area (Å²) in [5.41, 5.74) is -1.33. The standard InChI is InChI=1S/C36H45F9N2O2/c1-2-3-4-5-6-7-8-25-9-11-26(12-10-25)13-14-27-15-17-29(18-16-27)35(41,42)48-31-23-46-32(47-24-31)34(39,40)33(37,38)28-19-21-30(22-20-28)49-36(43,44)45/h13-14,19-27,29H,2-12,15-18H2,1H3/b14-13+. The van der Waals surface area contributed by atoms with Gasteiger partial charge in [0.1, 0.15) is 5.75 Å². The first-order chi connectivity index (χ1) is 23.1. The van der Waals surface area contributed by atoms with Crippen LogP contribution in [-0.4, -0.2) is 22.4 Å². The van der Waals surface area contributed by atoms with Gasteiger partial charge in [-0.15, -0.1) is 13.2 Å². The average molecular weight is 709 g/mol. The molecule has 0 unspecified atom stereocenters. The normalized spacial score (nSPS) is 22.7. The van der Waals surface area contributed by atoms with Crippen molar-refractivity contribution in [3.05, 3.63) is 60.2 Å². The highest BCUT2D eigenvalue weighted by atomic mass is 19.4. The SMILES string of the molecule is CCCCCCCCC1CCC(/C=C/C2CCC(C(F)(F)Oc3cnc(C(F)(F)C(F)(F)c4ccc(OC(F)(F)F)cc4)nc3)CC2)CC1. The lowest BCUT2D eigenvalue weighted by Crippen LogP contribution is -2.38. The highest BCUT2D eigenvalue weighted by Crippen LogP contribution is 2.49. The zero-order valence-corrected chi connectivity index (χ0v) is 27.6. The number of benzene rings is 1. The molecule has 1 aromatic heterocycles. The topological polar surface area (TPSA) is 44.2 Å². The number of ether oxygens (including phenoxy) is 2. The summed E-state index contributed by atoms with van der Waals surface area (Å²) in [4.78, 5) is 6.34. The fraction of sp³-hybridized carbons (Fsp3) is 0.667. The van der Waals surface area contributed by atoms with Crippen LogP contribution in [-0.2, 0) is 11.8 Å². The lowest BCUT2D eigenvalue weighted by molar-refractivity contribution is -0.274. The highest BCUT2D eigenvalue weighted by Gasteiger charge is 2.61. The van der Waals surface area contributed by atoms with Crippen LogP contribution in [0, 0.1) is 23.7 Å². The van der Waals surface area contributed by atoms with Crippen LogP contribution < -0.4 is 9.47 Å². The number of unbranched alkanes of at least 4 members (excludes halogenated alkanes) is 5. The fourth-order valence-corrected chi connectivity index (χ4v) is 6.80. The van der Waals surface area contributed by atoms with Crippen molar-refractivity contribution in [2.24, 2.45) is 23.7 Å². The predicted octanol–water partition coefficient (Wildman–Crippen LogP) is 12.2. The molecular formula is C36H45F9N2O2. The van der Waals surface area contributed by atoms with Gasteiger partial charge in [0.2, 0.25) is 5.82 Å². The predicted molar refractivity (Wildman–Crippen MR) is 167 cm³/mol. The Morgan fingerprint density at radius 2 is 1.16 bits per heavy atom. The van der Waals surface area contributed by atoms with Gasteiger partial charge in [0.15, 0.2) is 5.75 Å². The van der Waals surface area contributed by atoms with E-state index in [9.17, 15) is 30.7 Å². The molecule has 2 saturated carbocycles. The van der Waals surface area contributed by atoms with E-state index in [0.717, 1.165) is 18.8 Å². The van der Waals surface area contributed by atoms with Crippen molar-refractivity contribution in [2.75, 3.05) is 0 Å².